The summed E-state index contributed by atoms with van der Waals surface area (Å²) < 4.78 is 37.4. The van der Waals surface area contributed by atoms with Gasteiger partial charge in [-0.1, -0.05) is 0 Å². The Kier molecular flexibility index (Phi) is 4.13. The molecule has 0 atom stereocenters. The maximum absolute atomic E-state index is 12.7. The van der Waals surface area contributed by atoms with Crippen molar-refractivity contribution >= 4 is 22.8 Å². The zero-order valence-corrected chi connectivity index (χ0v) is 8.32. The lowest BCUT2D eigenvalue weighted by Crippen LogP contribution is -2.01. The van der Waals surface area contributed by atoms with E-state index in [4.69, 9.17) is 0 Å². The maximum atomic E-state index is 12.7. The van der Waals surface area contributed by atoms with Crippen molar-refractivity contribution in [1.29, 1.82) is 0 Å². The fraction of sp³-hybridized carbons (Fsp3) is 0.125. The van der Waals surface area contributed by atoms with E-state index < -0.39 is 28.8 Å². The third-order valence-corrected chi connectivity index (χ3v) is 1.41. The number of carbonyl (C=O) groups excluding carboxylic acids is 1. The quantitative estimate of drug-likeness (QED) is 0.557. The molecule has 1 rings (SSSR count). The molecule has 0 saturated heterocycles. The van der Waals surface area contributed by atoms with E-state index in [1.165, 1.54) is 0 Å². The minimum Gasteiger partial charge on any atom is -0.294 e. The first-order chi connectivity index (χ1) is 5.54. The highest BCUT2D eigenvalue weighted by Crippen LogP contribution is 2.15. The molecule has 5 heteroatoms. The lowest BCUT2D eigenvalue weighted by Gasteiger charge is -1.99. The molecule has 0 fully saturated rings. The van der Waals surface area contributed by atoms with Crippen molar-refractivity contribution in [2.24, 2.45) is 0 Å². The molecule has 13 heavy (non-hydrogen) atoms. The van der Waals surface area contributed by atoms with E-state index >= 15 is 0 Å². The van der Waals surface area contributed by atoms with Gasteiger partial charge in [0.2, 0.25) is 0 Å². The Morgan fingerprint density at radius 1 is 1.15 bits per heavy atom. The fourth-order valence-corrected chi connectivity index (χ4v) is 0.798. The minimum atomic E-state index is -1.61. The molecule has 72 valence electrons. The average molecular weight is 255 g/mol. The molecular formula is C8H6BrF3O. The molecule has 0 aliphatic rings. The van der Waals surface area contributed by atoms with Gasteiger partial charge >= 0.3 is 0 Å². The van der Waals surface area contributed by atoms with Gasteiger partial charge in [0.15, 0.2) is 23.2 Å². The fourth-order valence-electron chi connectivity index (χ4n) is 0.798. The van der Waals surface area contributed by atoms with Crippen LogP contribution >= 0.6 is 17.0 Å². The van der Waals surface area contributed by atoms with Gasteiger partial charge < -0.3 is 0 Å². The summed E-state index contributed by atoms with van der Waals surface area (Å²) in [6.45, 7) is 1.08. The first-order valence-electron chi connectivity index (χ1n) is 3.18. The lowest BCUT2D eigenvalue weighted by atomic mass is 10.1. The van der Waals surface area contributed by atoms with Gasteiger partial charge in [-0.3, -0.25) is 4.79 Å². The first-order valence-corrected chi connectivity index (χ1v) is 3.18. The van der Waals surface area contributed by atoms with Crippen LogP contribution in [-0.4, -0.2) is 5.78 Å². The Hall–Kier alpha value is -0.840. The Balaban J connectivity index is 0.00000144. The van der Waals surface area contributed by atoms with E-state index in [0.717, 1.165) is 19.1 Å². The second kappa shape index (κ2) is 4.41. The van der Waals surface area contributed by atoms with Crippen molar-refractivity contribution in [2.45, 2.75) is 6.92 Å². The zero-order valence-electron chi connectivity index (χ0n) is 6.61. The summed E-state index contributed by atoms with van der Waals surface area (Å²) >= 11 is 0. The number of carbonyl (C=O) groups is 1. The topological polar surface area (TPSA) is 17.1 Å². The summed E-state index contributed by atoms with van der Waals surface area (Å²) in [6, 6.07) is 1.63. The normalized spacial score (nSPS) is 9.23. The number of benzene rings is 1. The van der Waals surface area contributed by atoms with Crippen LogP contribution in [0.5, 0.6) is 0 Å². The predicted octanol–water partition coefficient (Wildman–Crippen LogP) is 2.88. The van der Waals surface area contributed by atoms with Crippen LogP contribution in [0, 0.1) is 17.5 Å². The molecule has 0 bridgehead atoms. The van der Waals surface area contributed by atoms with Crippen LogP contribution in [0.25, 0.3) is 0 Å². The van der Waals surface area contributed by atoms with Crippen molar-refractivity contribution < 1.29 is 18.0 Å². The van der Waals surface area contributed by atoms with Gasteiger partial charge in [-0.15, -0.1) is 17.0 Å². The molecule has 0 unspecified atom stereocenters. The van der Waals surface area contributed by atoms with Crippen molar-refractivity contribution in [3.8, 4) is 0 Å². The highest BCUT2D eigenvalue weighted by Gasteiger charge is 2.15. The van der Waals surface area contributed by atoms with Crippen LogP contribution in [0.4, 0.5) is 13.2 Å². The monoisotopic (exact) mass is 254 g/mol. The molecular weight excluding hydrogens is 249 g/mol. The molecule has 0 spiro atoms. The summed E-state index contributed by atoms with van der Waals surface area (Å²) in [6.07, 6.45) is 0. The van der Waals surface area contributed by atoms with Crippen LogP contribution in [0.3, 0.4) is 0 Å². The molecule has 0 aliphatic carbocycles. The second-order valence-corrected chi connectivity index (χ2v) is 2.28. The van der Waals surface area contributed by atoms with Gasteiger partial charge in [0.1, 0.15) is 0 Å². The van der Waals surface area contributed by atoms with Gasteiger partial charge in [0.25, 0.3) is 0 Å². The summed E-state index contributed by atoms with van der Waals surface area (Å²) in [5.74, 6) is -4.96. The summed E-state index contributed by atoms with van der Waals surface area (Å²) in [5, 5.41) is 0. The molecule has 1 aromatic rings. The van der Waals surface area contributed by atoms with E-state index in [2.05, 4.69) is 0 Å². The van der Waals surface area contributed by atoms with E-state index in [1.54, 1.807) is 0 Å². The second-order valence-electron chi connectivity index (χ2n) is 2.28. The number of hydrogen-bond acceptors (Lipinski definition) is 1. The Morgan fingerprint density at radius 2 is 1.69 bits per heavy atom. The van der Waals surface area contributed by atoms with E-state index in [9.17, 15) is 18.0 Å². The molecule has 0 aliphatic heterocycles. The number of ketones is 1. The zero-order chi connectivity index (χ0) is 9.30. The maximum Gasteiger partial charge on any atom is 0.195 e. The number of Topliss-reactive ketones (excluding diaryl/α,β-unsaturated/α-hetero) is 1. The van der Waals surface area contributed by atoms with E-state index in [-0.39, 0.29) is 17.0 Å². The Labute approximate surface area is 83.3 Å². The molecule has 0 aromatic heterocycles. The van der Waals surface area contributed by atoms with Crippen LogP contribution in [-0.2, 0) is 0 Å². The van der Waals surface area contributed by atoms with Gasteiger partial charge in [0.05, 0.1) is 5.56 Å². The third-order valence-electron chi connectivity index (χ3n) is 1.41. The van der Waals surface area contributed by atoms with Crippen molar-refractivity contribution in [3.63, 3.8) is 0 Å². The molecule has 0 saturated carbocycles. The first kappa shape index (κ1) is 12.2. The van der Waals surface area contributed by atoms with Crippen molar-refractivity contribution in [3.05, 3.63) is 35.1 Å². The summed E-state index contributed by atoms with van der Waals surface area (Å²) in [5.41, 5.74) is -0.436. The molecule has 0 amide bonds. The van der Waals surface area contributed by atoms with Crippen molar-refractivity contribution in [1.82, 2.24) is 0 Å². The van der Waals surface area contributed by atoms with Crippen LogP contribution in [0.1, 0.15) is 17.3 Å². The number of halogens is 4. The van der Waals surface area contributed by atoms with Crippen LogP contribution in [0.2, 0.25) is 0 Å². The average Bonchev–Trinajstić information content (AvgIpc) is 2.00. The standard InChI is InChI=1S/C8H5F3O.BrH/c1-4(12)5-2-3-6(9)8(11)7(5)10;/h2-3H,1H3;1H. The molecule has 0 heterocycles. The molecule has 1 nitrogen and oxygen atoms in total. The van der Waals surface area contributed by atoms with Gasteiger partial charge in [-0.2, -0.15) is 0 Å². The minimum absolute atomic E-state index is 0. The van der Waals surface area contributed by atoms with Crippen LogP contribution in [0.15, 0.2) is 12.1 Å². The number of hydrogen-bond donors (Lipinski definition) is 0. The highest BCUT2D eigenvalue weighted by atomic mass is 79.9. The van der Waals surface area contributed by atoms with E-state index in [1.807, 2.05) is 0 Å². The highest BCUT2D eigenvalue weighted by molar-refractivity contribution is 8.93. The Morgan fingerprint density at radius 3 is 2.15 bits per heavy atom. The third kappa shape index (κ3) is 2.30. The SMILES string of the molecule is Br.CC(=O)c1ccc(F)c(F)c1F. The smallest absolute Gasteiger partial charge is 0.195 e. The summed E-state index contributed by atoms with van der Waals surface area (Å²) in [4.78, 5) is 10.6. The van der Waals surface area contributed by atoms with E-state index in [0.29, 0.717) is 0 Å². The van der Waals surface area contributed by atoms with Gasteiger partial charge in [-0.25, -0.2) is 13.2 Å². The molecule has 1 aromatic carbocycles. The number of rotatable bonds is 1. The summed E-state index contributed by atoms with van der Waals surface area (Å²) in [7, 11) is 0. The predicted molar refractivity (Wildman–Crippen MR) is 46.6 cm³/mol. The largest absolute Gasteiger partial charge is 0.294 e. The molecule has 0 N–H and O–H groups in total. The molecule has 0 radical (unpaired) electrons. The van der Waals surface area contributed by atoms with Gasteiger partial charge in [0, 0.05) is 0 Å². The van der Waals surface area contributed by atoms with Gasteiger partial charge in [-0.05, 0) is 19.1 Å². The Bertz CT molecular complexity index is 338. The van der Waals surface area contributed by atoms with Crippen LogP contribution < -0.4 is 0 Å². The lowest BCUT2D eigenvalue weighted by molar-refractivity contribution is 0.101. The van der Waals surface area contributed by atoms with Crippen molar-refractivity contribution in [2.75, 3.05) is 0 Å².